The number of nitrogens with one attached hydrogen (secondary N) is 1. The van der Waals surface area contributed by atoms with Crippen LogP contribution in [0.2, 0.25) is 0 Å². The van der Waals surface area contributed by atoms with Gasteiger partial charge in [0.05, 0.1) is 5.69 Å². The first-order valence-corrected chi connectivity index (χ1v) is 7.77. The quantitative estimate of drug-likeness (QED) is 0.828. The molecule has 0 amide bonds. The number of rotatable bonds is 6. The van der Waals surface area contributed by atoms with E-state index in [1.54, 1.807) is 7.11 Å². The number of methoxy groups -OCH3 is 1. The van der Waals surface area contributed by atoms with E-state index in [-0.39, 0.29) is 0 Å². The predicted octanol–water partition coefficient (Wildman–Crippen LogP) is 3.20. The van der Waals surface area contributed by atoms with Crippen LogP contribution in [0, 0.1) is 0 Å². The van der Waals surface area contributed by atoms with E-state index in [0.717, 1.165) is 25.5 Å². The largest absolute Gasteiger partial charge is 0.385 e. The zero-order chi connectivity index (χ0) is 14.5. The fourth-order valence-corrected chi connectivity index (χ4v) is 3.03. The number of imidazole rings is 1. The van der Waals surface area contributed by atoms with Gasteiger partial charge < -0.3 is 10.1 Å². The van der Waals surface area contributed by atoms with Crippen LogP contribution in [0.15, 0.2) is 30.6 Å². The molecule has 1 N–H and O–H groups in total. The summed E-state index contributed by atoms with van der Waals surface area (Å²) in [6.07, 6.45) is 9.86. The SMILES string of the molecule is COCCCNc1nccn1-c1cccc2c1CCCC2. The van der Waals surface area contributed by atoms with Crippen LogP contribution in [0.4, 0.5) is 5.95 Å². The molecule has 0 aliphatic heterocycles. The number of nitrogens with zero attached hydrogens (tertiary/aromatic N) is 2. The maximum Gasteiger partial charge on any atom is 0.207 e. The predicted molar refractivity (Wildman–Crippen MR) is 85.2 cm³/mol. The van der Waals surface area contributed by atoms with Crippen LogP contribution in [-0.4, -0.2) is 29.8 Å². The maximum atomic E-state index is 5.08. The summed E-state index contributed by atoms with van der Waals surface area (Å²) in [5.74, 6) is 0.921. The van der Waals surface area contributed by atoms with E-state index in [1.807, 2.05) is 12.4 Å². The number of aryl methyl sites for hydroxylation is 1. The number of anilines is 1. The second kappa shape index (κ2) is 6.76. The van der Waals surface area contributed by atoms with Gasteiger partial charge in [-0.05, 0) is 49.3 Å². The molecule has 0 saturated carbocycles. The van der Waals surface area contributed by atoms with Crippen LogP contribution in [-0.2, 0) is 17.6 Å². The van der Waals surface area contributed by atoms with Crippen molar-refractivity contribution in [2.24, 2.45) is 0 Å². The lowest BCUT2D eigenvalue weighted by atomic mass is 9.90. The summed E-state index contributed by atoms with van der Waals surface area (Å²) < 4.78 is 7.26. The topological polar surface area (TPSA) is 39.1 Å². The smallest absolute Gasteiger partial charge is 0.207 e. The number of hydrogen-bond donors (Lipinski definition) is 1. The van der Waals surface area contributed by atoms with Gasteiger partial charge in [-0.15, -0.1) is 0 Å². The van der Waals surface area contributed by atoms with E-state index in [0.29, 0.717) is 0 Å². The third-order valence-corrected chi connectivity index (χ3v) is 4.08. The van der Waals surface area contributed by atoms with Crippen LogP contribution < -0.4 is 5.32 Å². The average molecular weight is 285 g/mol. The Kier molecular flexibility index (Phi) is 4.55. The molecule has 0 fully saturated rings. The number of ether oxygens (including phenoxy) is 1. The molecule has 1 aromatic carbocycles. The van der Waals surface area contributed by atoms with Crippen molar-refractivity contribution in [3.63, 3.8) is 0 Å². The molecule has 0 atom stereocenters. The summed E-state index contributed by atoms with van der Waals surface area (Å²) >= 11 is 0. The van der Waals surface area contributed by atoms with Crippen LogP contribution in [0.25, 0.3) is 5.69 Å². The molecule has 112 valence electrons. The lowest BCUT2D eigenvalue weighted by Crippen LogP contribution is -2.12. The fraction of sp³-hybridized carbons (Fsp3) is 0.471. The third-order valence-electron chi connectivity index (χ3n) is 4.08. The van der Waals surface area contributed by atoms with Crippen LogP contribution in [0.3, 0.4) is 0 Å². The summed E-state index contributed by atoms with van der Waals surface area (Å²) in [4.78, 5) is 4.45. The Labute approximate surface area is 126 Å². The molecule has 1 aromatic heterocycles. The molecule has 3 rings (SSSR count). The molecule has 2 aromatic rings. The number of hydrogen-bond acceptors (Lipinski definition) is 3. The van der Waals surface area contributed by atoms with E-state index in [1.165, 1.54) is 42.5 Å². The molecule has 1 aliphatic carbocycles. The van der Waals surface area contributed by atoms with Crippen molar-refractivity contribution in [1.82, 2.24) is 9.55 Å². The van der Waals surface area contributed by atoms with Crippen molar-refractivity contribution in [3.05, 3.63) is 41.7 Å². The molecule has 0 radical (unpaired) electrons. The first-order valence-electron chi connectivity index (χ1n) is 7.77. The summed E-state index contributed by atoms with van der Waals surface area (Å²) in [6.45, 7) is 1.65. The van der Waals surface area contributed by atoms with Gasteiger partial charge >= 0.3 is 0 Å². The molecule has 0 bridgehead atoms. The molecule has 1 heterocycles. The fourth-order valence-electron chi connectivity index (χ4n) is 3.03. The van der Waals surface area contributed by atoms with Crippen molar-refractivity contribution in [3.8, 4) is 5.69 Å². The number of aromatic nitrogens is 2. The highest BCUT2D eigenvalue weighted by molar-refractivity contribution is 5.51. The Bertz CT molecular complexity index is 591. The second-order valence-corrected chi connectivity index (χ2v) is 5.52. The van der Waals surface area contributed by atoms with Crippen molar-refractivity contribution in [2.75, 3.05) is 25.6 Å². The van der Waals surface area contributed by atoms with Gasteiger partial charge in [0.25, 0.3) is 0 Å². The Hall–Kier alpha value is -1.81. The van der Waals surface area contributed by atoms with Gasteiger partial charge in [0.2, 0.25) is 5.95 Å². The van der Waals surface area contributed by atoms with Gasteiger partial charge in [0, 0.05) is 32.7 Å². The van der Waals surface area contributed by atoms with Crippen molar-refractivity contribution in [2.45, 2.75) is 32.1 Å². The highest BCUT2D eigenvalue weighted by Gasteiger charge is 2.15. The lowest BCUT2D eigenvalue weighted by Gasteiger charge is -2.20. The highest BCUT2D eigenvalue weighted by atomic mass is 16.5. The monoisotopic (exact) mass is 285 g/mol. The summed E-state index contributed by atoms with van der Waals surface area (Å²) in [6, 6.07) is 6.63. The van der Waals surface area contributed by atoms with Crippen LogP contribution in [0.5, 0.6) is 0 Å². The Balaban J connectivity index is 1.83. The molecule has 0 spiro atoms. The third kappa shape index (κ3) is 3.10. The van der Waals surface area contributed by atoms with Gasteiger partial charge in [-0.2, -0.15) is 0 Å². The van der Waals surface area contributed by atoms with Crippen LogP contribution >= 0.6 is 0 Å². The van der Waals surface area contributed by atoms with Gasteiger partial charge in [-0.1, -0.05) is 12.1 Å². The second-order valence-electron chi connectivity index (χ2n) is 5.52. The molecular formula is C17H23N3O. The van der Waals surface area contributed by atoms with Gasteiger partial charge in [-0.3, -0.25) is 4.57 Å². The molecule has 21 heavy (non-hydrogen) atoms. The average Bonchev–Trinajstić information content (AvgIpc) is 2.99. The van der Waals surface area contributed by atoms with Gasteiger partial charge in [0.1, 0.15) is 0 Å². The molecule has 4 heteroatoms. The highest BCUT2D eigenvalue weighted by Crippen LogP contribution is 2.28. The van der Waals surface area contributed by atoms with Crippen LogP contribution in [0.1, 0.15) is 30.4 Å². The maximum absolute atomic E-state index is 5.08. The van der Waals surface area contributed by atoms with Gasteiger partial charge in [0.15, 0.2) is 0 Å². The molecule has 1 aliphatic rings. The number of fused-ring (bicyclic) bond motifs is 1. The summed E-state index contributed by atoms with van der Waals surface area (Å²) in [7, 11) is 1.73. The molecule has 0 unspecified atom stereocenters. The minimum absolute atomic E-state index is 0.772. The zero-order valence-electron chi connectivity index (χ0n) is 12.6. The summed E-state index contributed by atoms with van der Waals surface area (Å²) in [5, 5.41) is 3.41. The van der Waals surface area contributed by atoms with Crippen molar-refractivity contribution in [1.29, 1.82) is 0 Å². The van der Waals surface area contributed by atoms with E-state index >= 15 is 0 Å². The Morgan fingerprint density at radius 2 is 2.19 bits per heavy atom. The zero-order valence-corrected chi connectivity index (χ0v) is 12.6. The van der Waals surface area contributed by atoms with E-state index in [4.69, 9.17) is 4.74 Å². The van der Waals surface area contributed by atoms with Gasteiger partial charge in [-0.25, -0.2) is 4.98 Å². The normalized spacial score (nSPS) is 14.0. The molecule has 4 nitrogen and oxygen atoms in total. The van der Waals surface area contributed by atoms with Crippen molar-refractivity contribution >= 4 is 5.95 Å². The van der Waals surface area contributed by atoms with E-state index in [2.05, 4.69) is 33.1 Å². The Morgan fingerprint density at radius 1 is 1.29 bits per heavy atom. The lowest BCUT2D eigenvalue weighted by molar-refractivity contribution is 0.197. The molecule has 0 saturated heterocycles. The van der Waals surface area contributed by atoms with E-state index in [9.17, 15) is 0 Å². The minimum atomic E-state index is 0.772. The molecular weight excluding hydrogens is 262 g/mol. The van der Waals surface area contributed by atoms with E-state index < -0.39 is 0 Å². The Morgan fingerprint density at radius 3 is 3.10 bits per heavy atom. The standard InChI is InChI=1S/C17H23N3O/c1-21-13-5-10-18-17-19-11-12-20(17)16-9-4-7-14-6-2-3-8-15(14)16/h4,7,9,11-12H,2-3,5-6,8,10,13H2,1H3,(H,18,19). The number of benzene rings is 1. The first kappa shape index (κ1) is 14.1. The minimum Gasteiger partial charge on any atom is -0.385 e. The first-order chi connectivity index (χ1) is 10.4. The summed E-state index contributed by atoms with van der Waals surface area (Å²) in [5.41, 5.74) is 4.26. The van der Waals surface area contributed by atoms with Crippen molar-refractivity contribution < 1.29 is 4.74 Å².